The Balaban J connectivity index is 1.82. The highest BCUT2D eigenvalue weighted by molar-refractivity contribution is 14.2. The van der Waals surface area contributed by atoms with E-state index in [9.17, 15) is 4.39 Å². The number of aryl methyl sites for hydroxylation is 1. The van der Waals surface area contributed by atoms with Crippen molar-refractivity contribution >= 4 is 64.5 Å². The van der Waals surface area contributed by atoms with Gasteiger partial charge in [-0.25, -0.2) is 19.3 Å². The van der Waals surface area contributed by atoms with Crippen molar-refractivity contribution in [2.75, 3.05) is 12.4 Å². The number of rotatable bonds is 5. The van der Waals surface area contributed by atoms with Crippen LogP contribution in [-0.4, -0.2) is 35.8 Å². The Bertz CT molecular complexity index is 1180. The molecule has 0 unspecified atom stereocenters. The summed E-state index contributed by atoms with van der Waals surface area (Å²) in [6.45, 7) is 0. The van der Waals surface area contributed by atoms with Crippen molar-refractivity contribution in [2.45, 2.75) is 0 Å². The van der Waals surface area contributed by atoms with E-state index in [0.717, 1.165) is 11.6 Å². The number of anilines is 2. The van der Waals surface area contributed by atoms with Gasteiger partial charge in [0.1, 0.15) is 11.4 Å². The van der Waals surface area contributed by atoms with Crippen LogP contribution >= 0.6 is 41.9 Å². The van der Waals surface area contributed by atoms with Crippen LogP contribution in [0.5, 0.6) is 5.88 Å². The van der Waals surface area contributed by atoms with Gasteiger partial charge in [-0.2, -0.15) is 0 Å². The Hall–Kier alpha value is -2.12. The third-order valence-electron chi connectivity index (χ3n) is 3.94. The molecule has 0 amide bonds. The molecule has 144 valence electrons. The average Bonchev–Trinajstić information content (AvgIpc) is 3.24. The van der Waals surface area contributed by atoms with E-state index >= 15 is 0 Å². The summed E-state index contributed by atoms with van der Waals surface area (Å²) in [5.74, 6) is 0.0489. The fourth-order valence-corrected chi connectivity index (χ4v) is 4.42. The second kappa shape index (κ2) is 7.72. The van der Waals surface area contributed by atoms with Gasteiger partial charge in [0.15, 0.2) is 11.0 Å². The Morgan fingerprint density at radius 3 is 2.89 bits per heavy atom. The molecule has 0 atom stereocenters. The van der Waals surface area contributed by atoms with Gasteiger partial charge in [-0.15, -0.1) is 5.10 Å². The first-order chi connectivity index (χ1) is 13.5. The molecule has 28 heavy (non-hydrogen) atoms. The molecule has 0 bridgehead atoms. The minimum Gasteiger partial charge on any atom is -0.478 e. The predicted octanol–water partition coefficient (Wildman–Crippen LogP) is 4.62. The maximum Gasteiger partial charge on any atom is 0.256 e. The third kappa shape index (κ3) is 3.37. The van der Waals surface area contributed by atoms with E-state index in [1.165, 1.54) is 16.2 Å². The number of hydrogen-bond donors (Lipinski definition) is 1. The van der Waals surface area contributed by atoms with Gasteiger partial charge in [0.05, 0.1) is 25.0 Å². The first-order valence-corrected chi connectivity index (χ1v) is 11.5. The molecule has 0 fully saturated rings. The number of aromatic nitrogens is 6. The predicted molar refractivity (Wildman–Crippen MR) is 116 cm³/mol. The lowest BCUT2D eigenvalue weighted by Gasteiger charge is -2.06. The number of nitrogens with one attached hydrogen (secondary N) is 1. The van der Waals surface area contributed by atoms with Crippen molar-refractivity contribution in [1.82, 2.24) is 28.7 Å². The Morgan fingerprint density at radius 1 is 1.32 bits per heavy atom. The van der Waals surface area contributed by atoms with Gasteiger partial charge in [-0.3, -0.25) is 8.65 Å². The fourth-order valence-electron chi connectivity index (χ4n) is 2.79. The van der Waals surface area contributed by atoms with E-state index in [2.05, 4.69) is 46.6 Å². The highest BCUT2D eigenvalue weighted by Crippen LogP contribution is 2.37. The van der Waals surface area contributed by atoms with Crippen LogP contribution in [0.3, 0.4) is 0 Å². The zero-order valence-electron chi connectivity index (χ0n) is 14.5. The second-order valence-corrected chi connectivity index (χ2v) is 7.75. The first kappa shape index (κ1) is 19.2. The van der Waals surface area contributed by atoms with Gasteiger partial charge in [0.2, 0.25) is 5.95 Å². The second-order valence-electron chi connectivity index (χ2n) is 5.68. The van der Waals surface area contributed by atoms with Crippen LogP contribution in [0, 0.1) is 5.82 Å². The SMILES string of the molecule is COc1nn(C)cc1Nc1ncc(F)c(-c2cn(SI)c3c(Cl)nccc23)n1. The molecule has 4 aromatic rings. The van der Waals surface area contributed by atoms with Gasteiger partial charge in [-0.1, -0.05) is 11.6 Å². The summed E-state index contributed by atoms with van der Waals surface area (Å²) in [4.78, 5) is 12.5. The lowest BCUT2D eigenvalue weighted by molar-refractivity contribution is 0.393. The molecule has 0 radical (unpaired) electrons. The standard InChI is InChI=1S/C16H12ClFIN7OS/c1-25-7-11(15(24-25)27-2)22-16-21-5-10(18)12(23-16)9-6-26(28-19)13-8(9)3-4-20-14(13)17/h3-7H,1-2H3,(H,21,22,23). The molecule has 12 heteroatoms. The Labute approximate surface area is 180 Å². The molecule has 0 saturated heterocycles. The summed E-state index contributed by atoms with van der Waals surface area (Å²) in [7, 11) is 4.68. The van der Waals surface area contributed by atoms with Gasteiger partial charge >= 0.3 is 0 Å². The maximum atomic E-state index is 14.6. The number of hydrogen-bond acceptors (Lipinski definition) is 7. The summed E-state index contributed by atoms with van der Waals surface area (Å²) in [6, 6.07) is 1.78. The van der Waals surface area contributed by atoms with Crippen molar-refractivity contribution in [3.8, 4) is 17.1 Å². The summed E-state index contributed by atoms with van der Waals surface area (Å²) >= 11 is 8.37. The number of halogens is 3. The van der Waals surface area contributed by atoms with Crippen LogP contribution < -0.4 is 10.1 Å². The van der Waals surface area contributed by atoms with E-state index < -0.39 is 5.82 Å². The summed E-state index contributed by atoms with van der Waals surface area (Å²) in [6.07, 6.45) is 6.19. The van der Waals surface area contributed by atoms with Crippen molar-refractivity contribution in [3.63, 3.8) is 0 Å². The van der Waals surface area contributed by atoms with Gasteiger partial charge in [0.25, 0.3) is 5.88 Å². The third-order valence-corrected chi connectivity index (χ3v) is 5.93. The van der Waals surface area contributed by atoms with Crippen LogP contribution in [0.4, 0.5) is 16.0 Å². The summed E-state index contributed by atoms with van der Waals surface area (Å²) in [5.41, 5.74) is 2.00. The molecule has 1 N–H and O–H groups in total. The molecule has 0 saturated carbocycles. The van der Waals surface area contributed by atoms with E-state index in [0.29, 0.717) is 27.8 Å². The van der Waals surface area contributed by atoms with Crippen molar-refractivity contribution in [3.05, 3.63) is 41.8 Å². The molecular weight excluding hydrogens is 520 g/mol. The molecule has 0 aliphatic rings. The smallest absolute Gasteiger partial charge is 0.256 e. The maximum absolute atomic E-state index is 14.6. The molecule has 4 heterocycles. The van der Waals surface area contributed by atoms with Gasteiger partial charge < -0.3 is 10.1 Å². The largest absolute Gasteiger partial charge is 0.478 e. The Morgan fingerprint density at radius 2 is 2.14 bits per heavy atom. The van der Waals surface area contributed by atoms with Crippen LogP contribution in [0.2, 0.25) is 5.15 Å². The monoisotopic (exact) mass is 531 g/mol. The number of pyridine rings is 1. The van der Waals surface area contributed by atoms with Crippen molar-refractivity contribution in [1.29, 1.82) is 0 Å². The highest BCUT2D eigenvalue weighted by atomic mass is 127. The van der Waals surface area contributed by atoms with Crippen molar-refractivity contribution in [2.24, 2.45) is 7.05 Å². The average molecular weight is 532 g/mol. The molecule has 0 aliphatic heterocycles. The molecule has 4 rings (SSSR count). The zero-order valence-corrected chi connectivity index (χ0v) is 18.3. The fraction of sp³-hybridized carbons (Fsp3) is 0.125. The summed E-state index contributed by atoms with van der Waals surface area (Å²) in [5, 5.41) is 8.25. The minimum atomic E-state index is -0.547. The lowest BCUT2D eigenvalue weighted by atomic mass is 10.1. The molecule has 4 aromatic heterocycles. The van der Waals surface area contributed by atoms with Crippen LogP contribution in [0.1, 0.15) is 0 Å². The van der Waals surface area contributed by atoms with E-state index in [-0.39, 0.29) is 11.6 Å². The van der Waals surface area contributed by atoms with E-state index in [4.69, 9.17) is 16.3 Å². The van der Waals surface area contributed by atoms with E-state index in [1.807, 2.05) is 3.97 Å². The van der Waals surface area contributed by atoms with Crippen LogP contribution in [-0.2, 0) is 7.05 Å². The van der Waals surface area contributed by atoms with Gasteiger partial charge in [0, 0.05) is 60.7 Å². The number of ether oxygens (including phenoxy) is 1. The van der Waals surface area contributed by atoms with Crippen LogP contribution in [0.15, 0.2) is 30.9 Å². The summed E-state index contributed by atoms with van der Waals surface area (Å²) < 4.78 is 23.2. The topological polar surface area (TPSA) is 82.7 Å². The van der Waals surface area contributed by atoms with Crippen LogP contribution in [0.25, 0.3) is 22.2 Å². The molecule has 0 spiro atoms. The number of methoxy groups -OCH3 is 1. The van der Waals surface area contributed by atoms with E-state index in [1.54, 1.807) is 36.4 Å². The van der Waals surface area contributed by atoms with Crippen molar-refractivity contribution < 1.29 is 9.13 Å². The lowest BCUT2D eigenvalue weighted by Crippen LogP contribution is -2.01. The molecule has 0 aliphatic carbocycles. The molecular formula is C16H12ClFIN7OS. The van der Waals surface area contributed by atoms with Gasteiger partial charge in [-0.05, 0) is 6.07 Å². The normalized spacial score (nSPS) is 11.2. The molecule has 8 nitrogen and oxygen atoms in total. The highest BCUT2D eigenvalue weighted by Gasteiger charge is 2.19. The minimum absolute atomic E-state index is 0.150. The Kier molecular flexibility index (Phi) is 5.29. The molecule has 0 aromatic carbocycles. The first-order valence-electron chi connectivity index (χ1n) is 7.84. The quantitative estimate of drug-likeness (QED) is 0.297. The zero-order chi connectivity index (χ0) is 19.8. The number of nitrogens with zero attached hydrogens (tertiary/aromatic N) is 6. The number of fused-ring (bicyclic) bond motifs is 1.